The Kier molecular flexibility index (Phi) is 6.36. The fraction of sp³-hybridized carbons (Fsp3) is 0.944. The van der Waals surface area contributed by atoms with E-state index in [9.17, 15) is 4.79 Å². The van der Waals surface area contributed by atoms with Crippen molar-refractivity contribution >= 4 is 6.03 Å². The van der Waals surface area contributed by atoms with Crippen molar-refractivity contribution in [3.05, 3.63) is 0 Å². The zero-order chi connectivity index (χ0) is 16.8. The first-order valence-corrected chi connectivity index (χ1v) is 9.67. The Bertz CT molecular complexity index is 406. The zero-order valence-electron chi connectivity index (χ0n) is 15.0. The Morgan fingerprint density at radius 2 is 1.92 bits per heavy atom. The van der Waals surface area contributed by atoms with Gasteiger partial charge < -0.3 is 20.1 Å². The van der Waals surface area contributed by atoms with Gasteiger partial charge in [-0.15, -0.1) is 0 Å². The van der Waals surface area contributed by atoms with E-state index >= 15 is 0 Å². The highest BCUT2D eigenvalue weighted by Gasteiger charge is 2.38. The molecule has 0 spiro atoms. The molecule has 3 rings (SSSR count). The van der Waals surface area contributed by atoms with Crippen LogP contribution in [0.25, 0.3) is 0 Å². The molecule has 0 aromatic heterocycles. The SMILES string of the molecule is CC1CC(NC(=O)NCC2(N3CCOCC3)CCCCC2)CCO1. The van der Waals surface area contributed by atoms with E-state index in [0.29, 0.717) is 0 Å². The van der Waals surface area contributed by atoms with Gasteiger partial charge in [0.15, 0.2) is 0 Å². The van der Waals surface area contributed by atoms with Crippen LogP contribution in [0.2, 0.25) is 0 Å². The van der Waals surface area contributed by atoms with Crippen LogP contribution in [-0.2, 0) is 9.47 Å². The van der Waals surface area contributed by atoms with Gasteiger partial charge in [0.1, 0.15) is 0 Å². The summed E-state index contributed by atoms with van der Waals surface area (Å²) in [5.74, 6) is 0. The number of carbonyl (C=O) groups is 1. The first-order chi connectivity index (χ1) is 11.7. The van der Waals surface area contributed by atoms with E-state index in [1.54, 1.807) is 0 Å². The summed E-state index contributed by atoms with van der Waals surface area (Å²) in [6.45, 7) is 7.16. The van der Waals surface area contributed by atoms with Crippen molar-refractivity contribution in [3.8, 4) is 0 Å². The summed E-state index contributed by atoms with van der Waals surface area (Å²) in [7, 11) is 0. The Balaban J connectivity index is 1.52. The molecule has 0 aromatic rings. The third-order valence-corrected chi connectivity index (χ3v) is 5.86. The summed E-state index contributed by atoms with van der Waals surface area (Å²) in [4.78, 5) is 14.9. The predicted octanol–water partition coefficient (Wildman–Crippen LogP) is 1.89. The standard InChI is InChI=1S/C18H33N3O3/c1-15-13-16(5-10-24-15)20-17(22)19-14-18(6-3-2-4-7-18)21-8-11-23-12-9-21/h15-16H,2-14H2,1H3,(H2,19,20,22). The number of morpholine rings is 1. The van der Waals surface area contributed by atoms with Gasteiger partial charge in [-0.2, -0.15) is 0 Å². The molecule has 3 fully saturated rings. The van der Waals surface area contributed by atoms with Gasteiger partial charge in [-0.3, -0.25) is 4.90 Å². The fourth-order valence-corrected chi connectivity index (χ4v) is 4.46. The van der Waals surface area contributed by atoms with Crippen molar-refractivity contribution in [1.29, 1.82) is 0 Å². The van der Waals surface area contributed by atoms with Crippen molar-refractivity contribution in [2.24, 2.45) is 0 Å². The molecule has 24 heavy (non-hydrogen) atoms. The quantitative estimate of drug-likeness (QED) is 0.821. The molecule has 6 nitrogen and oxygen atoms in total. The average molecular weight is 339 g/mol. The van der Waals surface area contributed by atoms with Crippen molar-refractivity contribution in [2.75, 3.05) is 39.5 Å². The lowest BCUT2D eigenvalue weighted by Gasteiger charge is -2.48. The molecule has 2 aliphatic heterocycles. The molecule has 0 radical (unpaired) electrons. The molecule has 2 N–H and O–H groups in total. The lowest BCUT2D eigenvalue weighted by atomic mass is 9.80. The molecule has 2 saturated heterocycles. The van der Waals surface area contributed by atoms with Crippen LogP contribution in [0.3, 0.4) is 0 Å². The molecule has 0 aromatic carbocycles. The highest BCUT2D eigenvalue weighted by molar-refractivity contribution is 5.74. The summed E-state index contributed by atoms with van der Waals surface area (Å²) in [5.41, 5.74) is 0.127. The van der Waals surface area contributed by atoms with Crippen LogP contribution in [0, 0.1) is 0 Å². The number of nitrogens with one attached hydrogen (secondary N) is 2. The van der Waals surface area contributed by atoms with Crippen molar-refractivity contribution < 1.29 is 14.3 Å². The summed E-state index contributed by atoms with van der Waals surface area (Å²) >= 11 is 0. The Morgan fingerprint density at radius 1 is 1.17 bits per heavy atom. The molecule has 2 unspecified atom stereocenters. The van der Waals surface area contributed by atoms with Crippen LogP contribution in [0.5, 0.6) is 0 Å². The van der Waals surface area contributed by atoms with Crippen LogP contribution in [-0.4, -0.2) is 68.1 Å². The molecular weight excluding hydrogens is 306 g/mol. The number of nitrogens with zero attached hydrogens (tertiary/aromatic N) is 1. The van der Waals surface area contributed by atoms with E-state index in [0.717, 1.165) is 52.3 Å². The molecule has 138 valence electrons. The van der Waals surface area contributed by atoms with Crippen molar-refractivity contribution in [3.63, 3.8) is 0 Å². The second-order valence-corrected chi connectivity index (χ2v) is 7.61. The van der Waals surface area contributed by atoms with Crippen LogP contribution >= 0.6 is 0 Å². The molecular formula is C18H33N3O3. The van der Waals surface area contributed by atoms with E-state index < -0.39 is 0 Å². The van der Waals surface area contributed by atoms with Gasteiger partial charge in [0.25, 0.3) is 0 Å². The third-order valence-electron chi connectivity index (χ3n) is 5.86. The molecule has 1 saturated carbocycles. The average Bonchev–Trinajstić information content (AvgIpc) is 2.62. The third kappa shape index (κ3) is 4.61. The molecule has 0 bridgehead atoms. The Morgan fingerprint density at radius 3 is 2.62 bits per heavy atom. The minimum absolute atomic E-state index is 0.0210. The normalized spacial score (nSPS) is 31.4. The topological polar surface area (TPSA) is 62.8 Å². The summed E-state index contributed by atoms with van der Waals surface area (Å²) in [6, 6.07) is 0.215. The molecule has 2 heterocycles. The summed E-state index contributed by atoms with van der Waals surface area (Å²) < 4.78 is 11.1. The number of rotatable bonds is 4. The van der Waals surface area contributed by atoms with Gasteiger partial charge in [0.2, 0.25) is 0 Å². The second-order valence-electron chi connectivity index (χ2n) is 7.61. The second kappa shape index (κ2) is 8.50. The highest BCUT2D eigenvalue weighted by Crippen LogP contribution is 2.33. The van der Waals surface area contributed by atoms with E-state index in [1.807, 2.05) is 0 Å². The number of amides is 2. The number of urea groups is 1. The molecule has 6 heteroatoms. The van der Waals surface area contributed by atoms with Gasteiger partial charge in [0.05, 0.1) is 19.3 Å². The Labute approximate surface area is 145 Å². The largest absolute Gasteiger partial charge is 0.379 e. The Hall–Kier alpha value is -0.850. The maximum atomic E-state index is 12.4. The van der Waals surface area contributed by atoms with Gasteiger partial charge in [0, 0.05) is 37.8 Å². The zero-order valence-corrected chi connectivity index (χ0v) is 15.0. The van der Waals surface area contributed by atoms with Crippen LogP contribution in [0.1, 0.15) is 51.9 Å². The van der Waals surface area contributed by atoms with Crippen molar-refractivity contribution in [2.45, 2.75) is 69.6 Å². The molecule has 1 aliphatic carbocycles. The lowest BCUT2D eigenvalue weighted by molar-refractivity contribution is -0.0358. The smallest absolute Gasteiger partial charge is 0.315 e. The molecule has 3 aliphatic rings. The van der Waals surface area contributed by atoms with E-state index in [-0.39, 0.29) is 23.7 Å². The van der Waals surface area contributed by atoms with E-state index in [1.165, 1.54) is 32.1 Å². The summed E-state index contributed by atoms with van der Waals surface area (Å²) in [5, 5.41) is 6.32. The number of hydrogen-bond donors (Lipinski definition) is 2. The fourth-order valence-electron chi connectivity index (χ4n) is 4.46. The summed E-state index contributed by atoms with van der Waals surface area (Å²) in [6.07, 6.45) is 8.26. The number of ether oxygens (including phenoxy) is 2. The van der Waals surface area contributed by atoms with Crippen LogP contribution < -0.4 is 10.6 Å². The highest BCUT2D eigenvalue weighted by atomic mass is 16.5. The first kappa shape index (κ1) is 18.0. The van der Waals surface area contributed by atoms with Crippen molar-refractivity contribution in [1.82, 2.24) is 15.5 Å². The van der Waals surface area contributed by atoms with Gasteiger partial charge in [-0.05, 0) is 32.6 Å². The maximum absolute atomic E-state index is 12.4. The minimum atomic E-state index is -0.0210. The maximum Gasteiger partial charge on any atom is 0.315 e. The lowest BCUT2D eigenvalue weighted by Crippen LogP contribution is -2.60. The minimum Gasteiger partial charge on any atom is -0.379 e. The van der Waals surface area contributed by atoms with E-state index in [4.69, 9.17) is 9.47 Å². The number of hydrogen-bond acceptors (Lipinski definition) is 4. The van der Waals surface area contributed by atoms with Gasteiger partial charge >= 0.3 is 6.03 Å². The van der Waals surface area contributed by atoms with Gasteiger partial charge in [-0.25, -0.2) is 4.79 Å². The van der Waals surface area contributed by atoms with Crippen LogP contribution in [0.15, 0.2) is 0 Å². The molecule has 2 amide bonds. The predicted molar refractivity (Wildman–Crippen MR) is 93.2 cm³/mol. The van der Waals surface area contributed by atoms with Crippen LogP contribution in [0.4, 0.5) is 4.79 Å². The first-order valence-electron chi connectivity index (χ1n) is 9.67. The molecule has 2 atom stereocenters. The number of carbonyl (C=O) groups excluding carboxylic acids is 1. The monoisotopic (exact) mass is 339 g/mol. The van der Waals surface area contributed by atoms with Gasteiger partial charge in [-0.1, -0.05) is 19.3 Å². The van der Waals surface area contributed by atoms with E-state index in [2.05, 4.69) is 22.5 Å².